The van der Waals surface area contributed by atoms with E-state index in [1.54, 1.807) is 0 Å². The van der Waals surface area contributed by atoms with Crippen LogP contribution in [-0.4, -0.2) is 26.3 Å². The summed E-state index contributed by atoms with van der Waals surface area (Å²) in [5, 5.41) is 3.26. The maximum absolute atomic E-state index is 5.32. The predicted octanol–water partition coefficient (Wildman–Crippen LogP) is 1.42. The lowest BCUT2D eigenvalue weighted by molar-refractivity contribution is 0.134. The third-order valence-electron chi connectivity index (χ3n) is 1.46. The summed E-state index contributed by atoms with van der Waals surface area (Å²) >= 11 is 0. The van der Waals surface area contributed by atoms with Crippen LogP contribution in [0.1, 0.15) is 26.2 Å². The summed E-state index contributed by atoms with van der Waals surface area (Å²) in [5.41, 5.74) is 0. The van der Waals surface area contributed by atoms with Crippen molar-refractivity contribution in [3.05, 3.63) is 0 Å². The Morgan fingerprint density at radius 3 is 2.83 bits per heavy atom. The Labute approximate surface area is 75.7 Å². The van der Waals surface area contributed by atoms with Gasteiger partial charge in [0.15, 0.2) is 0 Å². The van der Waals surface area contributed by atoms with Crippen molar-refractivity contribution in [1.29, 1.82) is 0 Å². The van der Waals surface area contributed by atoms with Gasteiger partial charge in [-0.1, -0.05) is 6.92 Å². The molecule has 0 aliphatic carbocycles. The highest BCUT2D eigenvalue weighted by Gasteiger charge is 1.87. The molecule has 0 bridgehead atoms. The zero-order valence-electron chi connectivity index (χ0n) is 7.94. The molecule has 2 heteroatoms. The summed E-state index contributed by atoms with van der Waals surface area (Å²) in [7, 11) is 0. The molecular weight excluding hydrogens is 150 g/mol. The van der Waals surface area contributed by atoms with E-state index in [2.05, 4.69) is 18.2 Å². The Bertz CT molecular complexity index is 117. The maximum Gasteiger partial charge on any atom is 0.0590 e. The van der Waals surface area contributed by atoms with Crippen LogP contribution >= 0.6 is 0 Å². The minimum absolute atomic E-state index is 0.790. The molecule has 70 valence electrons. The fourth-order valence-electron chi connectivity index (χ4n) is 0.824. The van der Waals surface area contributed by atoms with Crippen molar-refractivity contribution >= 4 is 0 Å². The molecule has 0 aromatic carbocycles. The molecule has 0 atom stereocenters. The molecule has 0 unspecified atom stereocenters. The van der Waals surface area contributed by atoms with Crippen LogP contribution < -0.4 is 5.32 Å². The SMILES string of the molecule is C#CCCCOCCNCCC. The second-order valence-electron chi connectivity index (χ2n) is 2.67. The van der Waals surface area contributed by atoms with Gasteiger partial charge in [-0.05, 0) is 19.4 Å². The van der Waals surface area contributed by atoms with Crippen molar-refractivity contribution in [2.75, 3.05) is 26.3 Å². The Morgan fingerprint density at radius 1 is 1.33 bits per heavy atom. The minimum atomic E-state index is 0.790. The van der Waals surface area contributed by atoms with Crippen LogP contribution in [0.25, 0.3) is 0 Å². The van der Waals surface area contributed by atoms with Gasteiger partial charge in [-0.15, -0.1) is 12.3 Å². The highest BCUT2D eigenvalue weighted by Crippen LogP contribution is 1.86. The lowest BCUT2D eigenvalue weighted by Crippen LogP contribution is -2.20. The van der Waals surface area contributed by atoms with Crippen molar-refractivity contribution in [2.45, 2.75) is 26.2 Å². The molecule has 0 saturated carbocycles. The standard InChI is InChI=1S/C10H19NO/c1-3-5-6-9-12-10-8-11-7-4-2/h1,11H,4-10H2,2H3. The zero-order chi connectivity index (χ0) is 9.07. The molecule has 0 aromatic heterocycles. The quantitative estimate of drug-likeness (QED) is 0.438. The summed E-state index contributed by atoms with van der Waals surface area (Å²) in [4.78, 5) is 0. The van der Waals surface area contributed by atoms with E-state index in [-0.39, 0.29) is 0 Å². The number of hydrogen-bond acceptors (Lipinski definition) is 2. The lowest BCUT2D eigenvalue weighted by atomic mass is 10.3. The topological polar surface area (TPSA) is 21.3 Å². The molecule has 0 spiro atoms. The molecule has 1 N–H and O–H groups in total. The van der Waals surface area contributed by atoms with E-state index in [0.29, 0.717) is 0 Å². The first-order chi connectivity index (χ1) is 5.91. The lowest BCUT2D eigenvalue weighted by Gasteiger charge is -2.03. The highest BCUT2D eigenvalue weighted by molar-refractivity contribution is 4.82. The minimum Gasteiger partial charge on any atom is -0.380 e. The predicted molar refractivity (Wildman–Crippen MR) is 52.0 cm³/mol. The van der Waals surface area contributed by atoms with E-state index in [9.17, 15) is 0 Å². The molecule has 0 saturated heterocycles. The van der Waals surface area contributed by atoms with Gasteiger partial charge in [0.05, 0.1) is 6.61 Å². The van der Waals surface area contributed by atoms with Gasteiger partial charge in [-0.2, -0.15) is 0 Å². The van der Waals surface area contributed by atoms with Gasteiger partial charge < -0.3 is 10.1 Å². The normalized spacial score (nSPS) is 9.67. The number of rotatable bonds is 8. The summed E-state index contributed by atoms with van der Waals surface area (Å²) in [6.07, 6.45) is 8.07. The number of terminal acetylenes is 1. The Morgan fingerprint density at radius 2 is 2.17 bits per heavy atom. The summed E-state index contributed by atoms with van der Waals surface area (Å²) < 4.78 is 5.32. The maximum atomic E-state index is 5.32. The number of unbranched alkanes of at least 4 members (excludes halogenated alkanes) is 1. The largest absolute Gasteiger partial charge is 0.380 e. The second-order valence-corrected chi connectivity index (χ2v) is 2.67. The molecule has 0 aliphatic rings. The summed E-state index contributed by atoms with van der Waals surface area (Å²) in [5.74, 6) is 2.58. The van der Waals surface area contributed by atoms with Crippen molar-refractivity contribution in [3.63, 3.8) is 0 Å². The molecule has 0 aliphatic heterocycles. The first-order valence-electron chi connectivity index (χ1n) is 4.63. The Kier molecular flexibility index (Phi) is 10.0. The average molecular weight is 169 g/mol. The number of ether oxygens (including phenoxy) is 1. The molecule has 0 fully saturated rings. The molecule has 0 amide bonds. The van der Waals surface area contributed by atoms with Crippen molar-refractivity contribution in [1.82, 2.24) is 5.32 Å². The van der Waals surface area contributed by atoms with Crippen LogP contribution in [0.2, 0.25) is 0 Å². The monoisotopic (exact) mass is 169 g/mol. The van der Waals surface area contributed by atoms with Crippen LogP contribution in [0.3, 0.4) is 0 Å². The average Bonchev–Trinajstić information content (AvgIpc) is 2.10. The Hall–Kier alpha value is -0.520. The van der Waals surface area contributed by atoms with Gasteiger partial charge in [0.25, 0.3) is 0 Å². The fourth-order valence-corrected chi connectivity index (χ4v) is 0.824. The third kappa shape index (κ3) is 9.48. The molecule has 2 nitrogen and oxygen atoms in total. The third-order valence-corrected chi connectivity index (χ3v) is 1.46. The molecule has 0 radical (unpaired) electrons. The number of hydrogen-bond donors (Lipinski definition) is 1. The first-order valence-corrected chi connectivity index (χ1v) is 4.63. The van der Waals surface area contributed by atoms with Gasteiger partial charge >= 0.3 is 0 Å². The molecule has 12 heavy (non-hydrogen) atoms. The number of nitrogens with one attached hydrogen (secondary N) is 1. The smallest absolute Gasteiger partial charge is 0.0590 e. The Balaban J connectivity index is 2.78. The van der Waals surface area contributed by atoms with E-state index < -0.39 is 0 Å². The molecule has 0 rings (SSSR count). The first kappa shape index (κ1) is 11.5. The van der Waals surface area contributed by atoms with Crippen LogP contribution in [0.15, 0.2) is 0 Å². The van der Waals surface area contributed by atoms with Crippen molar-refractivity contribution in [3.8, 4) is 12.3 Å². The molecule has 0 heterocycles. The van der Waals surface area contributed by atoms with Crippen LogP contribution in [0.5, 0.6) is 0 Å². The van der Waals surface area contributed by atoms with Gasteiger partial charge in [0.2, 0.25) is 0 Å². The summed E-state index contributed by atoms with van der Waals surface area (Å²) in [6.45, 7) is 5.76. The van der Waals surface area contributed by atoms with E-state index in [4.69, 9.17) is 11.2 Å². The zero-order valence-corrected chi connectivity index (χ0v) is 7.94. The van der Waals surface area contributed by atoms with E-state index >= 15 is 0 Å². The van der Waals surface area contributed by atoms with Crippen LogP contribution in [-0.2, 0) is 4.74 Å². The second kappa shape index (κ2) is 10.5. The van der Waals surface area contributed by atoms with E-state index in [1.165, 1.54) is 6.42 Å². The van der Waals surface area contributed by atoms with Gasteiger partial charge in [0.1, 0.15) is 0 Å². The van der Waals surface area contributed by atoms with Crippen LogP contribution in [0, 0.1) is 12.3 Å². The van der Waals surface area contributed by atoms with E-state index in [1.807, 2.05) is 0 Å². The fraction of sp³-hybridized carbons (Fsp3) is 0.800. The van der Waals surface area contributed by atoms with Crippen LogP contribution in [0.4, 0.5) is 0 Å². The molecular formula is C10H19NO. The van der Waals surface area contributed by atoms with Crippen molar-refractivity contribution in [2.24, 2.45) is 0 Å². The van der Waals surface area contributed by atoms with E-state index in [0.717, 1.165) is 39.1 Å². The van der Waals surface area contributed by atoms with Gasteiger partial charge in [-0.25, -0.2) is 0 Å². The van der Waals surface area contributed by atoms with Gasteiger partial charge in [0, 0.05) is 19.6 Å². The van der Waals surface area contributed by atoms with Crippen molar-refractivity contribution < 1.29 is 4.74 Å². The highest BCUT2D eigenvalue weighted by atomic mass is 16.5. The van der Waals surface area contributed by atoms with Gasteiger partial charge in [-0.3, -0.25) is 0 Å². The summed E-state index contributed by atoms with van der Waals surface area (Å²) in [6, 6.07) is 0. The molecule has 0 aromatic rings.